The standard InChI is InChI=1S/C11H13Cl2N/c1-10(12,13)11(14)7-6-8-4-2-3-5-9(8)11/h2-5H,6-7,14H2,1H3. The van der Waals surface area contributed by atoms with Crippen LogP contribution in [0, 0.1) is 0 Å². The summed E-state index contributed by atoms with van der Waals surface area (Å²) >= 11 is 12.3. The summed E-state index contributed by atoms with van der Waals surface area (Å²) in [5.41, 5.74) is 8.04. The third kappa shape index (κ3) is 1.35. The second kappa shape index (κ2) is 3.13. The molecule has 1 aliphatic carbocycles. The molecular weight excluding hydrogens is 217 g/mol. The number of hydrogen-bond acceptors (Lipinski definition) is 1. The van der Waals surface area contributed by atoms with Gasteiger partial charge in [0.1, 0.15) is 4.33 Å². The number of rotatable bonds is 1. The highest BCUT2D eigenvalue weighted by Crippen LogP contribution is 2.47. The van der Waals surface area contributed by atoms with Gasteiger partial charge in [0.05, 0.1) is 5.54 Å². The van der Waals surface area contributed by atoms with Crippen LogP contribution in [0.4, 0.5) is 0 Å². The Morgan fingerprint density at radius 1 is 1.36 bits per heavy atom. The Balaban J connectivity index is 2.53. The maximum absolute atomic E-state index is 6.28. The fourth-order valence-electron chi connectivity index (χ4n) is 2.10. The van der Waals surface area contributed by atoms with Crippen LogP contribution < -0.4 is 5.73 Å². The molecule has 0 radical (unpaired) electrons. The molecule has 1 aromatic rings. The van der Waals surface area contributed by atoms with Crippen LogP contribution >= 0.6 is 23.2 Å². The normalized spacial score (nSPS) is 26.3. The zero-order valence-corrected chi connectivity index (χ0v) is 9.57. The molecule has 0 saturated heterocycles. The Bertz CT molecular complexity index is 357. The van der Waals surface area contributed by atoms with Crippen LogP contribution in [-0.2, 0) is 12.0 Å². The molecule has 0 fully saturated rings. The minimum absolute atomic E-state index is 0.604. The first-order valence-corrected chi connectivity index (χ1v) is 5.46. The van der Waals surface area contributed by atoms with Gasteiger partial charge in [-0.3, -0.25) is 0 Å². The average Bonchev–Trinajstić information content (AvgIpc) is 2.45. The highest BCUT2D eigenvalue weighted by atomic mass is 35.5. The van der Waals surface area contributed by atoms with Crippen LogP contribution in [0.1, 0.15) is 24.5 Å². The summed E-state index contributed by atoms with van der Waals surface area (Å²) in [6.45, 7) is 1.76. The molecule has 1 atom stereocenters. The lowest BCUT2D eigenvalue weighted by molar-refractivity contribution is 0.402. The first-order chi connectivity index (χ1) is 6.45. The molecule has 1 unspecified atom stereocenters. The van der Waals surface area contributed by atoms with E-state index < -0.39 is 9.87 Å². The van der Waals surface area contributed by atoms with E-state index in [1.165, 1.54) is 5.56 Å². The molecule has 1 aromatic carbocycles. The summed E-state index contributed by atoms with van der Waals surface area (Å²) in [6, 6.07) is 8.10. The average molecular weight is 230 g/mol. The molecule has 76 valence electrons. The topological polar surface area (TPSA) is 26.0 Å². The second-order valence-electron chi connectivity index (χ2n) is 4.02. The van der Waals surface area contributed by atoms with Crippen molar-refractivity contribution in [3.8, 4) is 0 Å². The summed E-state index contributed by atoms with van der Waals surface area (Å²) in [6.07, 6.45) is 1.78. The van der Waals surface area contributed by atoms with Crippen molar-refractivity contribution in [1.82, 2.24) is 0 Å². The lowest BCUT2D eigenvalue weighted by Crippen LogP contribution is -2.48. The van der Waals surface area contributed by atoms with Crippen molar-refractivity contribution in [3.05, 3.63) is 35.4 Å². The van der Waals surface area contributed by atoms with Gasteiger partial charge in [-0.15, -0.1) is 0 Å². The Morgan fingerprint density at radius 3 is 2.64 bits per heavy atom. The molecule has 0 amide bonds. The molecule has 2 N–H and O–H groups in total. The molecule has 1 nitrogen and oxygen atoms in total. The van der Waals surface area contributed by atoms with Crippen LogP contribution in [0.15, 0.2) is 24.3 Å². The van der Waals surface area contributed by atoms with Gasteiger partial charge < -0.3 is 5.73 Å². The van der Waals surface area contributed by atoms with Gasteiger partial charge in [-0.1, -0.05) is 47.5 Å². The summed E-state index contributed by atoms with van der Waals surface area (Å²) in [4.78, 5) is 0. The van der Waals surface area contributed by atoms with Crippen molar-refractivity contribution in [2.75, 3.05) is 0 Å². The molecule has 0 spiro atoms. The quantitative estimate of drug-likeness (QED) is 0.737. The van der Waals surface area contributed by atoms with E-state index in [-0.39, 0.29) is 0 Å². The van der Waals surface area contributed by atoms with Crippen LogP contribution in [0.5, 0.6) is 0 Å². The first-order valence-electron chi connectivity index (χ1n) is 4.70. The number of alkyl halides is 2. The summed E-state index contributed by atoms with van der Waals surface area (Å²) in [7, 11) is 0. The van der Waals surface area contributed by atoms with E-state index in [2.05, 4.69) is 6.07 Å². The fourth-order valence-corrected chi connectivity index (χ4v) is 2.49. The zero-order chi connectivity index (χ0) is 10.4. The van der Waals surface area contributed by atoms with Gasteiger partial charge in [-0.25, -0.2) is 0 Å². The Kier molecular flexibility index (Phi) is 2.30. The van der Waals surface area contributed by atoms with Crippen LogP contribution in [0.3, 0.4) is 0 Å². The Labute approximate surface area is 94.2 Å². The smallest absolute Gasteiger partial charge is 0.137 e. The van der Waals surface area contributed by atoms with Gasteiger partial charge in [0.2, 0.25) is 0 Å². The molecule has 2 rings (SSSR count). The van der Waals surface area contributed by atoms with Gasteiger partial charge in [0, 0.05) is 0 Å². The van der Waals surface area contributed by atoms with E-state index in [9.17, 15) is 0 Å². The van der Waals surface area contributed by atoms with Gasteiger partial charge in [-0.05, 0) is 30.9 Å². The SMILES string of the molecule is CC(Cl)(Cl)C1(N)CCc2ccccc21. The third-order valence-electron chi connectivity index (χ3n) is 3.07. The van der Waals surface area contributed by atoms with Crippen molar-refractivity contribution in [2.45, 2.75) is 29.6 Å². The van der Waals surface area contributed by atoms with E-state index in [1.807, 2.05) is 18.2 Å². The fraction of sp³-hybridized carbons (Fsp3) is 0.455. The monoisotopic (exact) mass is 229 g/mol. The number of fused-ring (bicyclic) bond motifs is 1. The number of halogens is 2. The minimum atomic E-state index is -0.917. The molecule has 0 heterocycles. The van der Waals surface area contributed by atoms with Gasteiger partial charge in [0.15, 0.2) is 0 Å². The van der Waals surface area contributed by atoms with Crippen molar-refractivity contribution in [3.63, 3.8) is 0 Å². The zero-order valence-electron chi connectivity index (χ0n) is 8.06. The molecule has 0 aliphatic heterocycles. The molecular formula is C11H13Cl2N. The van der Waals surface area contributed by atoms with E-state index in [4.69, 9.17) is 28.9 Å². The highest BCUT2D eigenvalue weighted by Gasteiger charge is 2.47. The van der Waals surface area contributed by atoms with E-state index in [1.54, 1.807) is 6.92 Å². The van der Waals surface area contributed by atoms with E-state index >= 15 is 0 Å². The van der Waals surface area contributed by atoms with Crippen molar-refractivity contribution >= 4 is 23.2 Å². The highest BCUT2D eigenvalue weighted by molar-refractivity contribution is 6.49. The number of benzene rings is 1. The van der Waals surface area contributed by atoms with Crippen molar-refractivity contribution in [1.29, 1.82) is 0 Å². The molecule has 3 heteroatoms. The van der Waals surface area contributed by atoms with Gasteiger partial charge >= 0.3 is 0 Å². The Morgan fingerprint density at radius 2 is 2.00 bits per heavy atom. The maximum atomic E-state index is 6.28. The largest absolute Gasteiger partial charge is 0.319 e. The molecule has 0 bridgehead atoms. The predicted molar refractivity (Wildman–Crippen MR) is 60.7 cm³/mol. The van der Waals surface area contributed by atoms with E-state index in [0.29, 0.717) is 0 Å². The summed E-state index contributed by atoms with van der Waals surface area (Å²) in [5, 5.41) is 0. The minimum Gasteiger partial charge on any atom is -0.319 e. The van der Waals surface area contributed by atoms with Crippen LogP contribution in [-0.4, -0.2) is 4.33 Å². The molecule has 1 aliphatic rings. The predicted octanol–water partition coefficient (Wildman–Crippen LogP) is 2.98. The summed E-state index contributed by atoms with van der Waals surface area (Å²) in [5.74, 6) is 0. The Hall–Kier alpha value is -0.240. The molecule has 0 aromatic heterocycles. The lowest BCUT2D eigenvalue weighted by atomic mass is 9.89. The number of hydrogen-bond donors (Lipinski definition) is 1. The molecule has 0 saturated carbocycles. The lowest BCUT2D eigenvalue weighted by Gasteiger charge is -2.35. The van der Waals surface area contributed by atoms with Crippen LogP contribution in [0.2, 0.25) is 0 Å². The maximum Gasteiger partial charge on any atom is 0.137 e. The third-order valence-corrected chi connectivity index (χ3v) is 3.74. The summed E-state index contributed by atoms with van der Waals surface area (Å²) < 4.78 is -0.917. The molecule has 14 heavy (non-hydrogen) atoms. The number of nitrogens with two attached hydrogens (primary N) is 1. The van der Waals surface area contributed by atoms with Gasteiger partial charge in [0.25, 0.3) is 0 Å². The first kappa shape index (κ1) is 10.3. The second-order valence-corrected chi connectivity index (χ2v) is 5.72. The van der Waals surface area contributed by atoms with Crippen molar-refractivity contribution in [2.24, 2.45) is 5.73 Å². The van der Waals surface area contributed by atoms with Gasteiger partial charge in [-0.2, -0.15) is 0 Å². The van der Waals surface area contributed by atoms with E-state index in [0.717, 1.165) is 18.4 Å². The van der Waals surface area contributed by atoms with Crippen molar-refractivity contribution < 1.29 is 0 Å². The van der Waals surface area contributed by atoms with Crippen LogP contribution in [0.25, 0.3) is 0 Å². The number of aryl methyl sites for hydroxylation is 1.